The third-order valence-electron chi connectivity index (χ3n) is 4.82. The fourth-order valence-corrected chi connectivity index (χ4v) is 3.42. The average Bonchev–Trinajstić information content (AvgIpc) is 2.64. The van der Waals surface area contributed by atoms with Gasteiger partial charge >= 0.3 is 0 Å². The molecular weight excluding hydrogens is 350 g/mol. The summed E-state index contributed by atoms with van der Waals surface area (Å²) in [6.07, 6.45) is 6.47. The Balaban J connectivity index is 1.50. The maximum atomic E-state index is 12.5. The summed E-state index contributed by atoms with van der Waals surface area (Å²) < 4.78 is 0. The van der Waals surface area contributed by atoms with Crippen molar-refractivity contribution < 1.29 is 9.59 Å². The number of amides is 2. The molecule has 6 heteroatoms. The number of aryl methyl sites for hydroxylation is 1. The smallest absolute Gasteiger partial charge is 0.251 e. The Morgan fingerprint density at radius 1 is 1.15 bits per heavy atom. The second-order valence-corrected chi connectivity index (χ2v) is 7.15. The van der Waals surface area contributed by atoms with Gasteiger partial charge < -0.3 is 10.6 Å². The molecule has 1 saturated carbocycles. The zero-order chi connectivity index (χ0) is 18.5. The number of pyridine rings is 1. The molecule has 2 aromatic rings. The molecule has 2 amide bonds. The van der Waals surface area contributed by atoms with Crippen LogP contribution in [0.4, 0.5) is 5.69 Å². The summed E-state index contributed by atoms with van der Waals surface area (Å²) in [6.45, 7) is 1.94. The van der Waals surface area contributed by atoms with E-state index in [9.17, 15) is 9.59 Å². The minimum Gasteiger partial charge on any atom is -0.349 e. The molecule has 0 aliphatic heterocycles. The van der Waals surface area contributed by atoms with Gasteiger partial charge in [0.25, 0.3) is 5.91 Å². The number of halogens is 1. The van der Waals surface area contributed by atoms with Crippen LogP contribution in [0.1, 0.15) is 41.6 Å². The molecule has 0 unspecified atom stereocenters. The van der Waals surface area contributed by atoms with Crippen LogP contribution in [0.3, 0.4) is 0 Å². The number of carbonyl (C=O) groups excluding carboxylic acids is 2. The number of nitrogens with one attached hydrogen (secondary N) is 2. The Morgan fingerprint density at radius 2 is 1.92 bits per heavy atom. The first-order valence-corrected chi connectivity index (χ1v) is 9.18. The van der Waals surface area contributed by atoms with Gasteiger partial charge in [-0.05, 0) is 62.4 Å². The molecule has 1 aromatic carbocycles. The van der Waals surface area contributed by atoms with E-state index in [4.69, 9.17) is 11.6 Å². The van der Waals surface area contributed by atoms with Gasteiger partial charge in [-0.3, -0.25) is 14.6 Å². The molecule has 0 atom stereocenters. The van der Waals surface area contributed by atoms with Crippen molar-refractivity contribution >= 4 is 29.1 Å². The maximum absolute atomic E-state index is 12.5. The van der Waals surface area contributed by atoms with Gasteiger partial charge in [0.1, 0.15) is 0 Å². The van der Waals surface area contributed by atoms with E-state index in [1.54, 1.807) is 36.7 Å². The van der Waals surface area contributed by atoms with Crippen LogP contribution >= 0.6 is 11.6 Å². The summed E-state index contributed by atoms with van der Waals surface area (Å²) >= 11 is 5.93. The lowest BCUT2D eigenvalue weighted by Gasteiger charge is -2.28. The van der Waals surface area contributed by atoms with Gasteiger partial charge in [0.15, 0.2) is 0 Å². The van der Waals surface area contributed by atoms with Gasteiger partial charge in [-0.25, -0.2) is 0 Å². The lowest BCUT2D eigenvalue weighted by Crippen LogP contribution is -2.39. The molecule has 1 aliphatic rings. The molecule has 136 valence electrons. The van der Waals surface area contributed by atoms with E-state index in [2.05, 4.69) is 15.6 Å². The molecule has 2 N–H and O–H groups in total. The summed E-state index contributed by atoms with van der Waals surface area (Å²) in [4.78, 5) is 28.8. The highest BCUT2D eigenvalue weighted by Gasteiger charge is 2.27. The molecule has 3 rings (SSSR count). The Bertz CT molecular complexity index is 801. The lowest BCUT2D eigenvalue weighted by atomic mass is 9.85. The SMILES string of the molecule is Cc1ccncc1NC(=O)C1CCC(NC(=O)c2cccc(Cl)c2)CC1. The number of rotatable bonds is 4. The van der Waals surface area contributed by atoms with Crippen LogP contribution in [-0.4, -0.2) is 22.8 Å². The highest BCUT2D eigenvalue weighted by atomic mass is 35.5. The van der Waals surface area contributed by atoms with Crippen LogP contribution < -0.4 is 10.6 Å². The van der Waals surface area contributed by atoms with Gasteiger partial charge in [0.05, 0.1) is 11.9 Å². The Labute approximate surface area is 158 Å². The quantitative estimate of drug-likeness (QED) is 0.854. The summed E-state index contributed by atoms with van der Waals surface area (Å²) in [5.74, 6) is -0.124. The summed E-state index contributed by atoms with van der Waals surface area (Å²) in [7, 11) is 0. The molecule has 1 heterocycles. The summed E-state index contributed by atoms with van der Waals surface area (Å²) in [6, 6.07) is 8.87. The standard InChI is InChI=1S/C20H22ClN3O2/c1-13-9-10-22-12-18(13)24-19(25)14-5-7-17(8-6-14)23-20(26)15-3-2-4-16(21)11-15/h2-4,9-12,14,17H,5-8H2,1H3,(H,23,26)(H,24,25). The highest BCUT2D eigenvalue weighted by molar-refractivity contribution is 6.30. The van der Waals surface area contributed by atoms with Gasteiger partial charge in [0, 0.05) is 28.7 Å². The first-order chi connectivity index (χ1) is 12.5. The van der Waals surface area contributed by atoms with Crippen LogP contribution in [0.5, 0.6) is 0 Å². The zero-order valence-electron chi connectivity index (χ0n) is 14.7. The summed E-state index contributed by atoms with van der Waals surface area (Å²) in [5, 5.41) is 6.55. The zero-order valence-corrected chi connectivity index (χ0v) is 15.4. The van der Waals surface area contributed by atoms with Crippen LogP contribution in [0.15, 0.2) is 42.7 Å². The van der Waals surface area contributed by atoms with Crippen molar-refractivity contribution in [2.75, 3.05) is 5.32 Å². The molecule has 0 radical (unpaired) electrons. The van der Waals surface area contributed by atoms with E-state index in [0.29, 0.717) is 10.6 Å². The molecule has 1 aliphatic carbocycles. The Hall–Kier alpha value is -2.40. The predicted octanol–water partition coefficient (Wildman–Crippen LogP) is 3.97. The molecule has 0 spiro atoms. The molecular formula is C20H22ClN3O2. The number of hydrogen-bond acceptors (Lipinski definition) is 3. The highest BCUT2D eigenvalue weighted by Crippen LogP contribution is 2.26. The number of aromatic nitrogens is 1. The monoisotopic (exact) mass is 371 g/mol. The third kappa shape index (κ3) is 4.61. The largest absolute Gasteiger partial charge is 0.349 e. The van der Waals surface area contributed by atoms with Crippen LogP contribution in [-0.2, 0) is 4.79 Å². The minimum atomic E-state index is -0.119. The summed E-state index contributed by atoms with van der Waals surface area (Å²) in [5.41, 5.74) is 2.31. The van der Waals surface area contributed by atoms with Crippen LogP contribution in [0.2, 0.25) is 5.02 Å². The average molecular weight is 372 g/mol. The fourth-order valence-electron chi connectivity index (χ4n) is 3.23. The second kappa shape index (κ2) is 8.32. The van der Waals surface area contributed by atoms with E-state index in [-0.39, 0.29) is 23.8 Å². The normalized spacial score (nSPS) is 19.6. The van der Waals surface area contributed by atoms with Crippen LogP contribution in [0.25, 0.3) is 0 Å². The van der Waals surface area contributed by atoms with Crippen molar-refractivity contribution in [3.05, 3.63) is 58.9 Å². The van der Waals surface area contributed by atoms with Crippen LogP contribution in [0, 0.1) is 12.8 Å². The lowest BCUT2D eigenvalue weighted by molar-refractivity contribution is -0.120. The van der Waals surface area contributed by atoms with Gasteiger partial charge in [-0.2, -0.15) is 0 Å². The van der Waals surface area contributed by atoms with E-state index in [1.807, 2.05) is 13.0 Å². The Kier molecular flexibility index (Phi) is 5.89. The van der Waals surface area contributed by atoms with E-state index in [1.165, 1.54) is 0 Å². The van der Waals surface area contributed by atoms with E-state index >= 15 is 0 Å². The number of benzene rings is 1. The van der Waals surface area contributed by atoms with Crippen molar-refractivity contribution in [3.63, 3.8) is 0 Å². The molecule has 5 nitrogen and oxygen atoms in total. The number of nitrogens with zero attached hydrogens (tertiary/aromatic N) is 1. The van der Waals surface area contributed by atoms with Crippen molar-refractivity contribution in [1.82, 2.24) is 10.3 Å². The Morgan fingerprint density at radius 3 is 2.62 bits per heavy atom. The van der Waals surface area contributed by atoms with E-state index < -0.39 is 0 Å². The fraction of sp³-hybridized carbons (Fsp3) is 0.350. The number of anilines is 1. The third-order valence-corrected chi connectivity index (χ3v) is 5.05. The minimum absolute atomic E-state index is 0.0284. The van der Waals surface area contributed by atoms with Crippen molar-refractivity contribution in [2.45, 2.75) is 38.6 Å². The molecule has 1 fully saturated rings. The first kappa shape index (κ1) is 18.4. The van der Waals surface area contributed by atoms with E-state index in [0.717, 1.165) is 36.9 Å². The first-order valence-electron chi connectivity index (χ1n) is 8.81. The molecule has 1 aromatic heterocycles. The topological polar surface area (TPSA) is 71.1 Å². The van der Waals surface area contributed by atoms with Gasteiger partial charge in [0.2, 0.25) is 5.91 Å². The second-order valence-electron chi connectivity index (χ2n) is 6.71. The molecule has 26 heavy (non-hydrogen) atoms. The predicted molar refractivity (Wildman–Crippen MR) is 102 cm³/mol. The number of hydrogen-bond donors (Lipinski definition) is 2. The van der Waals surface area contributed by atoms with Crippen molar-refractivity contribution in [3.8, 4) is 0 Å². The van der Waals surface area contributed by atoms with Crippen molar-refractivity contribution in [1.29, 1.82) is 0 Å². The van der Waals surface area contributed by atoms with Crippen molar-refractivity contribution in [2.24, 2.45) is 5.92 Å². The molecule has 0 bridgehead atoms. The van der Waals surface area contributed by atoms with Gasteiger partial charge in [-0.15, -0.1) is 0 Å². The molecule has 0 saturated heterocycles. The maximum Gasteiger partial charge on any atom is 0.251 e. The van der Waals surface area contributed by atoms with Gasteiger partial charge in [-0.1, -0.05) is 17.7 Å². The number of carbonyl (C=O) groups is 2.